The van der Waals surface area contributed by atoms with Crippen LogP contribution in [0, 0.1) is 0 Å². The lowest BCUT2D eigenvalue weighted by atomic mass is 9.85. The molecule has 9 heteroatoms. The zero-order chi connectivity index (χ0) is 25.7. The number of nitrogens with one attached hydrogen (secondary N) is 1. The molecule has 1 aromatic heterocycles. The van der Waals surface area contributed by atoms with Crippen LogP contribution in [-0.2, 0) is 20.9 Å². The Morgan fingerprint density at radius 2 is 1.65 bits per heavy atom. The van der Waals surface area contributed by atoms with Gasteiger partial charge in [0.15, 0.2) is 6.61 Å². The maximum absolute atomic E-state index is 13.8. The predicted octanol–water partition coefficient (Wildman–Crippen LogP) is 2.64. The van der Waals surface area contributed by atoms with Crippen molar-refractivity contribution in [3.63, 3.8) is 0 Å². The van der Waals surface area contributed by atoms with Crippen LogP contribution in [0.25, 0.3) is 0 Å². The summed E-state index contributed by atoms with van der Waals surface area (Å²) in [6.07, 6.45) is 2.50. The number of likely N-dealkylation sites (tertiary alicyclic amines) is 1. The molecule has 3 aromatic rings. The minimum Gasteiger partial charge on any atom is -0.484 e. The van der Waals surface area contributed by atoms with Gasteiger partial charge in [-0.25, -0.2) is 0 Å². The summed E-state index contributed by atoms with van der Waals surface area (Å²) in [4.78, 5) is 44.7. The molecule has 37 heavy (non-hydrogen) atoms. The van der Waals surface area contributed by atoms with Crippen molar-refractivity contribution in [2.24, 2.45) is 0 Å². The van der Waals surface area contributed by atoms with Crippen molar-refractivity contribution in [2.45, 2.75) is 24.9 Å². The van der Waals surface area contributed by atoms with Gasteiger partial charge in [-0.3, -0.25) is 14.4 Å². The molecule has 0 unspecified atom stereocenters. The third-order valence-electron chi connectivity index (χ3n) is 7.01. The fourth-order valence-electron chi connectivity index (χ4n) is 5.03. The van der Waals surface area contributed by atoms with Gasteiger partial charge in [0.1, 0.15) is 23.6 Å². The molecule has 0 aliphatic carbocycles. The van der Waals surface area contributed by atoms with Crippen LogP contribution >= 0.6 is 0 Å². The van der Waals surface area contributed by atoms with E-state index in [1.54, 1.807) is 28.2 Å². The van der Waals surface area contributed by atoms with E-state index in [0.717, 1.165) is 5.69 Å². The Hall–Kier alpha value is -4.27. The smallest absolute Gasteiger partial charge is 0.260 e. The Morgan fingerprint density at radius 1 is 0.946 bits per heavy atom. The number of carbonyl (C=O) groups is 3. The molecule has 2 aliphatic heterocycles. The summed E-state index contributed by atoms with van der Waals surface area (Å²) >= 11 is 0. The van der Waals surface area contributed by atoms with Gasteiger partial charge in [0.05, 0.1) is 19.5 Å². The highest BCUT2D eigenvalue weighted by Gasteiger charge is 2.54. The topological polar surface area (TPSA) is 95.3 Å². The van der Waals surface area contributed by atoms with Gasteiger partial charge in [-0.1, -0.05) is 36.4 Å². The number of piperidine rings is 1. The van der Waals surface area contributed by atoms with Crippen LogP contribution in [0.5, 0.6) is 5.75 Å². The number of benzene rings is 2. The number of nitrogens with zero attached hydrogens (tertiary/aromatic N) is 3. The minimum absolute atomic E-state index is 0.0435. The predicted molar refractivity (Wildman–Crippen MR) is 137 cm³/mol. The van der Waals surface area contributed by atoms with Gasteiger partial charge in [0.2, 0.25) is 5.91 Å². The monoisotopic (exact) mass is 502 g/mol. The largest absolute Gasteiger partial charge is 0.484 e. The number of hydrogen-bond acceptors (Lipinski definition) is 6. The highest BCUT2D eigenvalue weighted by molar-refractivity contribution is 5.96. The van der Waals surface area contributed by atoms with Crippen LogP contribution < -0.4 is 15.0 Å². The first kappa shape index (κ1) is 24.4. The maximum Gasteiger partial charge on any atom is 0.260 e. The number of para-hydroxylation sites is 2. The van der Waals surface area contributed by atoms with Gasteiger partial charge in [0.25, 0.3) is 11.8 Å². The fourth-order valence-corrected chi connectivity index (χ4v) is 5.03. The number of rotatable bonds is 8. The van der Waals surface area contributed by atoms with Crippen molar-refractivity contribution in [1.29, 1.82) is 0 Å². The van der Waals surface area contributed by atoms with Crippen LogP contribution in [0.3, 0.4) is 0 Å². The second-order valence-corrected chi connectivity index (χ2v) is 9.28. The van der Waals surface area contributed by atoms with E-state index in [-0.39, 0.29) is 37.4 Å². The molecule has 192 valence electrons. The highest BCUT2D eigenvalue weighted by atomic mass is 16.5. The molecule has 2 fully saturated rings. The zero-order valence-electron chi connectivity index (χ0n) is 20.5. The molecule has 2 saturated heterocycles. The SMILES string of the molecule is O=C(CN1CN(c2ccccc2)C2(CCN(C(=O)COc3ccccc3)CC2)C1=O)NCc1ccco1. The van der Waals surface area contributed by atoms with Gasteiger partial charge in [0, 0.05) is 18.8 Å². The van der Waals surface area contributed by atoms with Crippen LogP contribution in [0.15, 0.2) is 83.5 Å². The van der Waals surface area contributed by atoms with E-state index in [4.69, 9.17) is 9.15 Å². The Labute approximate surface area is 215 Å². The van der Waals surface area contributed by atoms with E-state index >= 15 is 0 Å². The van der Waals surface area contributed by atoms with E-state index in [2.05, 4.69) is 10.2 Å². The second kappa shape index (κ2) is 10.8. The maximum atomic E-state index is 13.8. The Bertz CT molecular complexity index is 1210. The summed E-state index contributed by atoms with van der Waals surface area (Å²) in [5.41, 5.74) is 0.112. The number of anilines is 1. The van der Waals surface area contributed by atoms with Crippen molar-refractivity contribution in [3.8, 4) is 5.75 Å². The summed E-state index contributed by atoms with van der Waals surface area (Å²) < 4.78 is 10.9. The molecule has 0 saturated carbocycles. The van der Waals surface area contributed by atoms with Crippen LogP contribution in [0.4, 0.5) is 5.69 Å². The molecule has 2 aromatic carbocycles. The van der Waals surface area contributed by atoms with Gasteiger partial charge >= 0.3 is 0 Å². The number of hydrogen-bond donors (Lipinski definition) is 1. The third-order valence-corrected chi connectivity index (χ3v) is 7.01. The van der Waals surface area contributed by atoms with Gasteiger partial charge in [-0.05, 0) is 49.2 Å². The van der Waals surface area contributed by atoms with Gasteiger partial charge in [-0.2, -0.15) is 0 Å². The van der Waals surface area contributed by atoms with Crippen molar-refractivity contribution in [2.75, 3.05) is 37.8 Å². The van der Waals surface area contributed by atoms with Gasteiger partial charge in [-0.15, -0.1) is 0 Å². The summed E-state index contributed by atoms with van der Waals surface area (Å²) in [5, 5.41) is 2.82. The molecule has 3 heterocycles. The Balaban J connectivity index is 1.25. The number of amides is 3. The van der Waals surface area contributed by atoms with Crippen LogP contribution in [-0.4, -0.2) is 66.0 Å². The Kier molecular flexibility index (Phi) is 7.11. The fraction of sp³-hybridized carbons (Fsp3) is 0.321. The lowest BCUT2D eigenvalue weighted by molar-refractivity contribution is -0.140. The quantitative estimate of drug-likeness (QED) is 0.509. The van der Waals surface area contributed by atoms with Gasteiger partial charge < -0.3 is 29.2 Å². The van der Waals surface area contributed by atoms with Crippen LogP contribution in [0.1, 0.15) is 18.6 Å². The summed E-state index contributed by atoms with van der Waals surface area (Å²) in [7, 11) is 0. The average Bonchev–Trinajstić information content (AvgIpc) is 3.55. The molecule has 2 aliphatic rings. The molecular weight excluding hydrogens is 472 g/mol. The lowest BCUT2D eigenvalue weighted by Gasteiger charge is -2.43. The molecule has 0 bridgehead atoms. The zero-order valence-corrected chi connectivity index (χ0v) is 20.5. The first-order chi connectivity index (χ1) is 18.0. The molecular formula is C28H30N4O5. The second-order valence-electron chi connectivity index (χ2n) is 9.28. The van der Waals surface area contributed by atoms with Crippen molar-refractivity contribution in [3.05, 3.63) is 84.8 Å². The molecule has 5 rings (SSSR count). The minimum atomic E-state index is -0.806. The van der Waals surface area contributed by atoms with E-state index in [1.165, 1.54) is 0 Å². The summed E-state index contributed by atoms with van der Waals surface area (Å²) in [6, 6.07) is 22.5. The number of furan rings is 1. The number of ether oxygens (including phenoxy) is 1. The Morgan fingerprint density at radius 3 is 2.32 bits per heavy atom. The van der Waals surface area contributed by atoms with E-state index in [9.17, 15) is 14.4 Å². The summed E-state index contributed by atoms with van der Waals surface area (Å²) in [5.74, 6) is 0.852. The number of carbonyl (C=O) groups excluding carboxylic acids is 3. The van der Waals surface area contributed by atoms with Crippen molar-refractivity contribution < 1.29 is 23.5 Å². The van der Waals surface area contributed by atoms with E-state index in [0.29, 0.717) is 44.1 Å². The molecule has 1 spiro atoms. The molecule has 3 amide bonds. The molecule has 1 N–H and O–H groups in total. The molecule has 9 nitrogen and oxygen atoms in total. The lowest BCUT2D eigenvalue weighted by Crippen LogP contribution is -2.58. The van der Waals surface area contributed by atoms with E-state index < -0.39 is 5.54 Å². The van der Waals surface area contributed by atoms with Crippen molar-refractivity contribution in [1.82, 2.24) is 15.1 Å². The average molecular weight is 503 g/mol. The van der Waals surface area contributed by atoms with E-state index in [1.807, 2.05) is 60.7 Å². The highest BCUT2D eigenvalue weighted by Crippen LogP contribution is 2.39. The normalized spacial score (nSPS) is 16.8. The first-order valence-electron chi connectivity index (χ1n) is 12.4. The van der Waals surface area contributed by atoms with Crippen molar-refractivity contribution >= 4 is 23.4 Å². The third kappa shape index (κ3) is 5.30. The van der Waals surface area contributed by atoms with Crippen LogP contribution in [0.2, 0.25) is 0 Å². The molecule has 0 atom stereocenters. The standard InChI is InChI=1S/C28H30N4O5/c33-25(29-18-24-12-7-17-36-24)19-31-21-32(22-8-3-1-4-9-22)28(27(31)35)13-15-30(16-14-28)26(34)20-37-23-10-5-2-6-11-23/h1-12,17H,13-16,18-21H2,(H,29,33). The summed E-state index contributed by atoms with van der Waals surface area (Å²) in [6.45, 7) is 1.36. The molecule has 0 radical (unpaired) electrons. The first-order valence-corrected chi connectivity index (χ1v) is 12.4.